The molecule has 8 nitrogen and oxygen atoms in total. The number of aryl methyl sites for hydroxylation is 1. The Bertz CT molecular complexity index is 1550. The van der Waals surface area contributed by atoms with Crippen LogP contribution in [-0.2, 0) is 0 Å². The van der Waals surface area contributed by atoms with E-state index in [4.69, 9.17) is 0 Å². The number of benzene rings is 4. The summed E-state index contributed by atoms with van der Waals surface area (Å²) in [4.78, 5) is 52.4. The van der Waals surface area contributed by atoms with Crippen molar-refractivity contribution in [2.24, 2.45) is 0 Å². The number of nitrogens with zero attached hydrogens (tertiary/aromatic N) is 1. The summed E-state index contributed by atoms with van der Waals surface area (Å²) in [5, 5.41) is 8.22. The van der Waals surface area contributed by atoms with Crippen molar-refractivity contribution >= 4 is 46.5 Å². The summed E-state index contributed by atoms with van der Waals surface area (Å²) in [7, 11) is 0. The zero-order valence-corrected chi connectivity index (χ0v) is 19.8. The third-order valence-electron chi connectivity index (χ3n) is 5.92. The topological polar surface area (TPSA) is 108 Å². The lowest BCUT2D eigenvalue weighted by Gasteiger charge is -2.16. The first-order valence-electron chi connectivity index (χ1n) is 11.5. The van der Waals surface area contributed by atoms with Gasteiger partial charge in [0.05, 0.1) is 16.8 Å². The fourth-order valence-electron chi connectivity index (χ4n) is 4.11. The molecule has 4 aromatic rings. The predicted molar refractivity (Wildman–Crippen MR) is 142 cm³/mol. The average Bonchev–Trinajstić information content (AvgIpc) is 3.14. The van der Waals surface area contributed by atoms with Gasteiger partial charge in [-0.1, -0.05) is 42.5 Å². The fraction of sp³-hybridized carbons (Fsp3) is 0.0345. The number of amides is 5. The van der Waals surface area contributed by atoms with E-state index in [0.717, 1.165) is 10.5 Å². The first-order valence-corrected chi connectivity index (χ1v) is 11.5. The van der Waals surface area contributed by atoms with Crippen molar-refractivity contribution in [3.8, 4) is 0 Å². The van der Waals surface area contributed by atoms with Gasteiger partial charge in [-0.05, 0) is 67.1 Å². The smallest absolute Gasteiger partial charge is 0.322 e. The number of hydrogen-bond acceptors (Lipinski definition) is 4. The predicted octanol–water partition coefficient (Wildman–Crippen LogP) is 5.69. The van der Waals surface area contributed by atoms with Gasteiger partial charge in [-0.2, -0.15) is 0 Å². The van der Waals surface area contributed by atoms with E-state index in [-0.39, 0.29) is 16.7 Å². The van der Waals surface area contributed by atoms with Crippen LogP contribution in [0.3, 0.4) is 0 Å². The fourth-order valence-corrected chi connectivity index (χ4v) is 4.11. The molecule has 0 aromatic heterocycles. The summed E-state index contributed by atoms with van der Waals surface area (Å²) in [6, 6.07) is 26.8. The standard InChI is InChI=1S/C29H22N4O4/c1-18-8-5-6-13-25(18)33-27(35)23-15-14-19(16-24(23)28(33)36)26(34)30-21-11-7-12-22(17-21)32-29(37)31-20-9-3-2-4-10-20/h2-17H,1H3,(H,30,34)(H2,31,32,37). The van der Waals surface area contributed by atoms with E-state index in [0.29, 0.717) is 22.7 Å². The maximum absolute atomic E-state index is 13.1. The summed E-state index contributed by atoms with van der Waals surface area (Å²) < 4.78 is 0. The lowest BCUT2D eigenvalue weighted by atomic mass is 10.1. The lowest BCUT2D eigenvalue weighted by molar-refractivity contribution is 0.0925. The van der Waals surface area contributed by atoms with Crippen LogP contribution in [0.15, 0.2) is 97.1 Å². The Kier molecular flexibility index (Phi) is 6.22. The van der Waals surface area contributed by atoms with Gasteiger partial charge >= 0.3 is 6.03 Å². The number of para-hydroxylation sites is 2. The summed E-state index contributed by atoms with van der Waals surface area (Å²) in [5.74, 6) is -1.35. The number of urea groups is 1. The van der Waals surface area contributed by atoms with Gasteiger partial charge in [0.1, 0.15) is 0 Å². The summed E-state index contributed by atoms with van der Waals surface area (Å²) in [6.45, 7) is 1.83. The van der Waals surface area contributed by atoms with E-state index in [1.807, 2.05) is 37.3 Å². The molecule has 5 rings (SSSR count). The largest absolute Gasteiger partial charge is 0.323 e. The zero-order chi connectivity index (χ0) is 25.9. The van der Waals surface area contributed by atoms with Crippen molar-refractivity contribution < 1.29 is 19.2 Å². The minimum atomic E-state index is -0.473. The van der Waals surface area contributed by atoms with Crippen molar-refractivity contribution in [3.63, 3.8) is 0 Å². The van der Waals surface area contributed by atoms with Gasteiger partial charge in [-0.25, -0.2) is 9.69 Å². The van der Waals surface area contributed by atoms with Crippen molar-refractivity contribution in [2.75, 3.05) is 20.9 Å². The Morgan fingerprint density at radius 2 is 1.24 bits per heavy atom. The van der Waals surface area contributed by atoms with Crippen LogP contribution in [-0.4, -0.2) is 23.8 Å². The quantitative estimate of drug-likeness (QED) is 0.312. The van der Waals surface area contributed by atoms with Gasteiger partial charge < -0.3 is 16.0 Å². The molecule has 182 valence electrons. The molecule has 5 amide bonds. The van der Waals surface area contributed by atoms with E-state index in [1.165, 1.54) is 18.2 Å². The van der Waals surface area contributed by atoms with Gasteiger partial charge in [0.2, 0.25) is 0 Å². The number of anilines is 4. The Hall–Kier alpha value is -5.24. The van der Waals surface area contributed by atoms with Crippen LogP contribution >= 0.6 is 0 Å². The summed E-state index contributed by atoms with van der Waals surface area (Å²) in [6.07, 6.45) is 0. The van der Waals surface area contributed by atoms with Gasteiger partial charge in [0, 0.05) is 22.6 Å². The van der Waals surface area contributed by atoms with E-state index >= 15 is 0 Å². The van der Waals surface area contributed by atoms with Gasteiger partial charge in [-0.15, -0.1) is 0 Å². The highest BCUT2D eigenvalue weighted by molar-refractivity contribution is 6.35. The number of rotatable bonds is 5. The monoisotopic (exact) mass is 490 g/mol. The van der Waals surface area contributed by atoms with E-state index in [1.54, 1.807) is 48.5 Å². The van der Waals surface area contributed by atoms with Crippen molar-refractivity contribution in [1.82, 2.24) is 0 Å². The first kappa shape index (κ1) is 23.5. The second kappa shape index (κ2) is 9.79. The Labute approximate surface area is 212 Å². The molecule has 4 aromatic carbocycles. The molecular formula is C29H22N4O4. The number of carbonyl (C=O) groups excluding carboxylic acids is 4. The molecule has 8 heteroatoms. The summed E-state index contributed by atoms with van der Waals surface area (Å²) in [5.41, 5.74) is 3.54. The molecule has 0 atom stereocenters. The number of carbonyl (C=O) groups is 4. The minimum absolute atomic E-state index is 0.175. The Morgan fingerprint density at radius 1 is 0.622 bits per heavy atom. The van der Waals surface area contributed by atoms with Crippen LogP contribution in [0.2, 0.25) is 0 Å². The Balaban J connectivity index is 1.30. The molecule has 0 spiro atoms. The van der Waals surface area contributed by atoms with Gasteiger partial charge in [0.15, 0.2) is 0 Å². The number of nitrogens with one attached hydrogen (secondary N) is 3. The zero-order valence-electron chi connectivity index (χ0n) is 19.8. The Morgan fingerprint density at radius 3 is 2.00 bits per heavy atom. The third-order valence-corrected chi connectivity index (χ3v) is 5.92. The van der Waals surface area contributed by atoms with Crippen LogP contribution in [0.5, 0.6) is 0 Å². The molecule has 0 aliphatic carbocycles. The number of fused-ring (bicyclic) bond motifs is 1. The summed E-state index contributed by atoms with van der Waals surface area (Å²) >= 11 is 0. The maximum Gasteiger partial charge on any atom is 0.323 e. The molecule has 1 heterocycles. The SMILES string of the molecule is Cc1ccccc1N1C(=O)c2ccc(C(=O)Nc3cccc(NC(=O)Nc4ccccc4)c3)cc2C1=O. The van der Waals surface area contributed by atoms with Crippen molar-refractivity contribution in [2.45, 2.75) is 6.92 Å². The molecular weight excluding hydrogens is 468 g/mol. The van der Waals surface area contributed by atoms with Crippen molar-refractivity contribution in [3.05, 3.63) is 119 Å². The van der Waals surface area contributed by atoms with Crippen LogP contribution < -0.4 is 20.9 Å². The highest BCUT2D eigenvalue weighted by Gasteiger charge is 2.37. The van der Waals surface area contributed by atoms with E-state index < -0.39 is 23.8 Å². The van der Waals surface area contributed by atoms with E-state index in [9.17, 15) is 19.2 Å². The molecule has 3 N–H and O–H groups in total. The van der Waals surface area contributed by atoms with Crippen molar-refractivity contribution in [1.29, 1.82) is 0 Å². The number of hydrogen-bond donors (Lipinski definition) is 3. The molecule has 1 aliphatic rings. The van der Waals surface area contributed by atoms with Crippen LogP contribution in [0, 0.1) is 6.92 Å². The first-order chi connectivity index (χ1) is 17.9. The molecule has 1 aliphatic heterocycles. The molecule has 0 saturated carbocycles. The molecule has 0 unspecified atom stereocenters. The van der Waals surface area contributed by atoms with Gasteiger partial charge in [-0.3, -0.25) is 14.4 Å². The normalized spacial score (nSPS) is 12.2. The minimum Gasteiger partial charge on any atom is -0.322 e. The lowest BCUT2D eigenvalue weighted by Crippen LogP contribution is -2.29. The van der Waals surface area contributed by atoms with Gasteiger partial charge in [0.25, 0.3) is 17.7 Å². The van der Waals surface area contributed by atoms with Crippen LogP contribution in [0.25, 0.3) is 0 Å². The average molecular weight is 491 g/mol. The highest BCUT2D eigenvalue weighted by atomic mass is 16.2. The van der Waals surface area contributed by atoms with Crippen LogP contribution in [0.1, 0.15) is 36.6 Å². The molecule has 0 fully saturated rings. The number of imide groups is 1. The highest BCUT2D eigenvalue weighted by Crippen LogP contribution is 2.31. The molecule has 37 heavy (non-hydrogen) atoms. The van der Waals surface area contributed by atoms with E-state index in [2.05, 4.69) is 16.0 Å². The molecule has 0 radical (unpaired) electrons. The third kappa shape index (κ3) is 4.81. The molecule has 0 saturated heterocycles. The molecule has 0 bridgehead atoms. The van der Waals surface area contributed by atoms with Crippen LogP contribution in [0.4, 0.5) is 27.5 Å². The maximum atomic E-state index is 13.1. The second-order valence-corrected chi connectivity index (χ2v) is 8.47. The second-order valence-electron chi connectivity index (χ2n) is 8.47.